The highest BCUT2D eigenvalue weighted by Gasteiger charge is 2.37. The quantitative estimate of drug-likeness (QED) is 0.466. The Bertz CT molecular complexity index is 1290. The number of alkyl halides is 6. The summed E-state index contributed by atoms with van der Waals surface area (Å²) >= 11 is 0. The maximum absolute atomic E-state index is 14.0. The van der Waals surface area contributed by atoms with E-state index in [0.29, 0.717) is 30.3 Å². The largest absolute Gasteiger partial charge is 0.418 e. The molecule has 0 atom stereocenters. The Balaban J connectivity index is 2.33. The normalized spacial score (nSPS) is 12.6. The van der Waals surface area contributed by atoms with Gasteiger partial charge in [0.15, 0.2) is 0 Å². The number of halogens is 6. The Labute approximate surface area is 196 Å². The van der Waals surface area contributed by atoms with E-state index >= 15 is 0 Å². The predicted octanol–water partition coefficient (Wildman–Crippen LogP) is 4.33. The Morgan fingerprint density at radius 2 is 1.54 bits per heavy atom. The second-order valence-corrected chi connectivity index (χ2v) is 7.96. The number of rotatable bonds is 8. The number of likely N-dealkylation sites (N-methyl/N-ethyl adjacent to an activating group) is 1. The van der Waals surface area contributed by atoms with E-state index in [0.717, 1.165) is 28.8 Å². The average Bonchev–Trinajstić information content (AvgIpc) is 3.03. The van der Waals surface area contributed by atoms with E-state index in [1.165, 1.54) is 6.07 Å². The SMILES string of the molecule is CCN(CC)CCn1c(=O)n(Cc2ccccc2C(F)(F)F)c2c(C(F)(F)F)cc(C(N)=O)cc21. The Kier molecular flexibility index (Phi) is 7.34. The fraction of sp³-hybridized carbons (Fsp3) is 0.391. The summed E-state index contributed by atoms with van der Waals surface area (Å²) in [7, 11) is 0. The topological polar surface area (TPSA) is 73.3 Å². The molecule has 6 nitrogen and oxygen atoms in total. The number of carbonyl (C=O) groups is 1. The first-order valence-electron chi connectivity index (χ1n) is 10.8. The van der Waals surface area contributed by atoms with Crippen molar-refractivity contribution in [1.82, 2.24) is 14.0 Å². The number of imidazole rings is 1. The highest BCUT2D eigenvalue weighted by atomic mass is 19.4. The first kappa shape index (κ1) is 26.3. The van der Waals surface area contributed by atoms with Crippen molar-refractivity contribution in [1.29, 1.82) is 0 Å². The van der Waals surface area contributed by atoms with Crippen molar-refractivity contribution in [3.8, 4) is 0 Å². The minimum absolute atomic E-state index is 0.0373. The van der Waals surface area contributed by atoms with Crippen LogP contribution in [0.4, 0.5) is 26.3 Å². The van der Waals surface area contributed by atoms with Gasteiger partial charge in [0.25, 0.3) is 0 Å². The lowest BCUT2D eigenvalue weighted by Crippen LogP contribution is -2.32. The van der Waals surface area contributed by atoms with Gasteiger partial charge in [0.2, 0.25) is 5.91 Å². The number of nitrogens with zero attached hydrogens (tertiary/aromatic N) is 3. The summed E-state index contributed by atoms with van der Waals surface area (Å²) < 4.78 is 84.5. The molecule has 2 aromatic carbocycles. The molecule has 12 heteroatoms. The van der Waals surface area contributed by atoms with Crippen LogP contribution in [0.3, 0.4) is 0 Å². The Morgan fingerprint density at radius 3 is 2.09 bits per heavy atom. The Hall–Kier alpha value is -3.28. The van der Waals surface area contributed by atoms with Crippen LogP contribution in [-0.4, -0.2) is 39.6 Å². The smallest absolute Gasteiger partial charge is 0.366 e. The van der Waals surface area contributed by atoms with Gasteiger partial charge in [-0.25, -0.2) is 4.79 Å². The van der Waals surface area contributed by atoms with Crippen LogP contribution in [0.2, 0.25) is 0 Å². The van der Waals surface area contributed by atoms with Gasteiger partial charge in [-0.05, 0) is 36.9 Å². The molecule has 0 saturated heterocycles. The lowest BCUT2D eigenvalue weighted by atomic mass is 10.1. The van der Waals surface area contributed by atoms with Crippen molar-refractivity contribution < 1.29 is 31.1 Å². The summed E-state index contributed by atoms with van der Waals surface area (Å²) in [6, 6.07) is 5.97. The number of benzene rings is 2. The molecule has 0 radical (unpaired) electrons. The molecule has 0 aliphatic carbocycles. The van der Waals surface area contributed by atoms with Crippen molar-refractivity contribution in [2.24, 2.45) is 5.73 Å². The standard InChI is InChI=1S/C23H24F6N4O2/c1-3-31(4-2)9-10-32-18-12-15(20(30)34)11-17(23(27,28)29)19(18)33(21(32)35)13-14-7-5-6-8-16(14)22(24,25)26/h5-8,11-12H,3-4,9-10,13H2,1-2H3,(H2,30,34). The number of aromatic nitrogens is 2. The van der Waals surface area contributed by atoms with Crippen LogP contribution in [0.25, 0.3) is 11.0 Å². The van der Waals surface area contributed by atoms with E-state index in [9.17, 15) is 35.9 Å². The molecule has 190 valence electrons. The fourth-order valence-electron chi connectivity index (χ4n) is 4.06. The molecule has 1 aromatic heterocycles. The number of primary amides is 1. The summed E-state index contributed by atoms with van der Waals surface area (Å²) in [5.41, 5.74) is 0.269. The molecule has 3 rings (SSSR count). The van der Waals surface area contributed by atoms with Crippen molar-refractivity contribution in [2.45, 2.75) is 39.3 Å². The molecule has 3 aromatic rings. The maximum Gasteiger partial charge on any atom is 0.418 e. The highest BCUT2D eigenvalue weighted by Crippen LogP contribution is 2.37. The number of carbonyl (C=O) groups excluding carboxylic acids is 1. The van der Waals surface area contributed by atoms with Crippen LogP contribution >= 0.6 is 0 Å². The molecule has 35 heavy (non-hydrogen) atoms. The van der Waals surface area contributed by atoms with Crippen LogP contribution in [0.15, 0.2) is 41.2 Å². The third kappa shape index (κ3) is 5.37. The lowest BCUT2D eigenvalue weighted by Gasteiger charge is -2.18. The second-order valence-electron chi connectivity index (χ2n) is 7.96. The van der Waals surface area contributed by atoms with Gasteiger partial charge in [-0.15, -0.1) is 0 Å². The minimum Gasteiger partial charge on any atom is -0.366 e. The number of fused-ring (bicyclic) bond motifs is 1. The molecule has 0 aliphatic heterocycles. The molecule has 0 unspecified atom stereocenters. The molecule has 1 amide bonds. The third-order valence-electron chi connectivity index (χ3n) is 5.89. The van der Waals surface area contributed by atoms with Crippen LogP contribution < -0.4 is 11.4 Å². The number of hydrogen-bond acceptors (Lipinski definition) is 3. The van der Waals surface area contributed by atoms with Gasteiger partial charge in [0, 0.05) is 18.7 Å². The summed E-state index contributed by atoms with van der Waals surface area (Å²) in [6.07, 6.45) is -9.78. The van der Waals surface area contributed by atoms with Crippen LogP contribution in [-0.2, 0) is 25.4 Å². The number of hydrogen-bond donors (Lipinski definition) is 1. The summed E-state index contributed by atoms with van der Waals surface area (Å²) in [4.78, 5) is 27.0. The van der Waals surface area contributed by atoms with Gasteiger partial charge in [0.05, 0.1) is 28.7 Å². The van der Waals surface area contributed by atoms with Gasteiger partial charge < -0.3 is 10.6 Å². The van der Waals surface area contributed by atoms with E-state index in [-0.39, 0.29) is 17.6 Å². The maximum atomic E-state index is 14.0. The Morgan fingerprint density at radius 1 is 0.943 bits per heavy atom. The van der Waals surface area contributed by atoms with E-state index < -0.39 is 52.7 Å². The summed E-state index contributed by atoms with van der Waals surface area (Å²) in [6.45, 7) is 4.49. The molecule has 0 bridgehead atoms. The van der Waals surface area contributed by atoms with Crippen LogP contribution in [0, 0.1) is 0 Å². The zero-order valence-electron chi connectivity index (χ0n) is 19.0. The number of nitrogens with two attached hydrogens (primary N) is 1. The predicted molar refractivity (Wildman–Crippen MR) is 118 cm³/mol. The van der Waals surface area contributed by atoms with E-state index in [1.54, 1.807) is 0 Å². The van der Waals surface area contributed by atoms with Crippen molar-refractivity contribution in [2.75, 3.05) is 19.6 Å². The molecular weight excluding hydrogens is 478 g/mol. The molecule has 2 N–H and O–H groups in total. The monoisotopic (exact) mass is 502 g/mol. The highest BCUT2D eigenvalue weighted by molar-refractivity contribution is 5.97. The van der Waals surface area contributed by atoms with Gasteiger partial charge in [0.1, 0.15) is 0 Å². The molecule has 0 spiro atoms. The zero-order valence-corrected chi connectivity index (χ0v) is 19.0. The van der Waals surface area contributed by atoms with Gasteiger partial charge in [-0.1, -0.05) is 32.0 Å². The number of amides is 1. The molecule has 0 fully saturated rings. The molecule has 0 saturated carbocycles. The summed E-state index contributed by atoms with van der Waals surface area (Å²) in [5.74, 6) is -1.13. The zero-order chi connectivity index (χ0) is 26.1. The average molecular weight is 502 g/mol. The third-order valence-corrected chi connectivity index (χ3v) is 5.89. The van der Waals surface area contributed by atoms with Crippen molar-refractivity contribution in [3.05, 3.63) is 69.1 Å². The summed E-state index contributed by atoms with van der Waals surface area (Å²) in [5, 5.41) is 0. The lowest BCUT2D eigenvalue weighted by molar-refractivity contribution is -0.138. The minimum atomic E-state index is -5.01. The van der Waals surface area contributed by atoms with Gasteiger partial charge in [-0.2, -0.15) is 26.3 Å². The van der Waals surface area contributed by atoms with Crippen LogP contribution in [0.5, 0.6) is 0 Å². The first-order valence-corrected chi connectivity index (χ1v) is 10.8. The molecule has 1 heterocycles. The fourth-order valence-corrected chi connectivity index (χ4v) is 4.06. The molecule has 0 aliphatic rings. The van der Waals surface area contributed by atoms with Crippen LogP contribution in [0.1, 0.15) is 40.9 Å². The van der Waals surface area contributed by atoms with Crippen molar-refractivity contribution >= 4 is 16.9 Å². The van der Waals surface area contributed by atoms with Crippen molar-refractivity contribution in [3.63, 3.8) is 0 Å². The second kappa shape index (κ2) is 9.76. The first-order chi connectivity index (χ1) is 16.3. The van der Waals surface area contributed by atoms with Gasteiger partial charge in [-0.3, -0.25) is 13.9 Å². The van der Waals surface area contributed by atoms with E-state index in [4.69, 9.17) is 5.73 Å². The molecular formula is C23H24F6N4O2. The van der Waals surface area contributed by atoms with Gasteiger partial charge >= 0.3 is 18.0 Å². The van der Waals surface area contributed by atoms with E-state index in [1.807, 2.05) is 18.7 Å². The van der Waals surface area contributed by atoms with E-state index in [2.05, 4.69) is 0 Å².